The molecule has 1 saturated heterocycles. The molecule has 0 radical (unpaired) electrons. The number of benzene rings is 1. The number of aromatic amines is 1. The Morgan fingerprint density at radius 3 is 3.08 bits per heavy atom. The van der Waals surface area contributed by atoms with Crippen LogP contribution in [0.25, 0.3) is 11.0 Å². The Morgan fingerprint density at radius 1 is 1.33 bits per heavy atom. The zero-order chi connectivity index (χ0) is 16.9. The van der Waals surface area contributed by atoms with E-state index in [4.69, 9.17) is 0 Å². The van der Waals surface area contributed by atoms with Gasteiger partial charge in [-0.15, -0.1) is 0 Å². The number of H-pyrrole nitrogens is 1. The lowest BCUT2D eigenvalue weighted by molar-refractivity contribution is -0.131. The van der Waals surface area contributed by atoms with Crippen LogP contribution in [-0.2, 0) is 16.1 Å². The summed E-state index contributed by atoms with van der Waals surface area (Å²) in [5, 5.41) is 2.78. The van der Waals surface area contributed by atoms with Crippen molar-refractivity contribution in [1.82, 2.24) is 20.2 Å². The molecule has 6 nitrogen and oxygen atoms in total. The van der Waals surface area contributed by atoms with E-state index in [9.17, 15) is 14.0 Å². The van der Waals surface area contributed by atoms with Gasteiger partial charge in [-0.3, -0.25) is 9.59 Å². The molecule has 0 spiro atoms. The van der Waals surface area contributed by atoms with Crippen LogP contribution in [0.1, 0.15) is 37.9 Å². The number of hydrogen-bond donors (Lipinski definition) is 2. The zero-order valence-corrected chi connectivity index (χ0v) is 13.5. The van der Waals surface area contributed by atoms with Crippen LogP contribution < -0.4 is 5.32 Å². The van der Waals surface area contributed by atoms with E-state index in [1.807, 2.05) is 0 Å². The number of rotatable bonds is 5. The molecule has 0 atom stereocenters. The van der Waals surface area contributed by atoms with Gasteiger partial charge in [-0.2, -0.15) is 0 Å². The highest BCUT2D eigenvalue weighted by Crippen LogP contribution is 2.13. The summed E-state index contributed by atoms with van der Waals surface area (Å²) >= 11 is 0. The molecule has 0 aliphatic carbocycles. The highest BCUT2D eigenvalue weighted by molar-refractivity contribution is 5.79. The van der Waals surface area contributed by atoms with Crippen molar-refractivity contribution in [2.75, 3.05) is 13.1 Å². The molecular weight excluding hydrogens is 311 g/mol. The number of imidazole rings is 1. The minimum Gasteiger partial charge on any atom is -0.349 e. The first-order valence-corrected chi connectivity index (χ1v) is 8.30. The fourth-order valence-electron chi connectivity index (χ4n) is 2.90. The second kappa shape index (κ2) is 7.42. The van der Waals surface area contributed by atoms with Crippen LogP contribution in [0.4, 0.5) is 4.39 Å². The number of aromatic nitrogens is 2. The number of hydrogen-bond acceptors (Lipinski definition) is 3. The number of carbonyl (C=O) groups excluding carboxylic acids is 2. The lowest BCUT2D eigenvalue weighted by Crippen LogP contribution is -2.34. The van der Waals surface area contributed by atoms with Crippen LogP contribution in [0.15, 0.2) is 18.2 Å². The molecular formula is C17H21FN4O2. The maximum Gasteiger partial charge on any atom is 0.222 e. The maximum absolute atomic E-state index is 13.1. The van der Waals surface area contributed by atoms with E-state index in [1.54, 1.807) is 11.0 Å². The molecule has 1 aliphatic rings. The van der Waals surface area contributed by atoms with E-state index in [0.29, 0.717) is 29.8 Å². The number of amides is 2. The zero-order valence-electron chi connectivity index (χ0n) is 13.5. The molecule has 2 aromatic rings. The minimum atomic E-state index is -0.330. The number of fused-ring (bicyclic) bond motifs is 1. The minimum absolute atomic E-state index is 0.126. The molecule has 2 heterocycles. The van der Waals surface area contributed by atoms with Gasteiger partial charge in [-0.25, -0.2) is 9.37 Å². The van der Waals surface area contributed by atoms with Crippen molar-refractivity contribution in [1.29, 1.82) is 0 Å². The van der Waals surface area contributed by atoms with Gasteiger partial charge in [-0.1, -0.05) is 6.42 Å². The van der Waals surface area contributed by atoms with E-state index in [1.165, 1.54) is 12.1 Å². The summed E-state index contributed by atoms with van der Waals surface area (Å²) in [6, 6.07) is 4.32. The summed E-state index contributed by atoms with van der Waals surface area (Å²) in [6.45, 7) is 1.44. The summed E-state index contributed by atoms with van der Waals surface area (Å²) in [5.74, 6) is 0.261. The second-order valence-electron chi connectivity index (χ2n) is 6.06. The lowest BCUT2D eigenvalue weighted by Gasteiger charge is -2.19. The smallest absolute Gasteiger partial charge is 0.222 e. The second-order valence-corrected chi connectivity index (χ2v) is 6.06. The van der Waals surface area contributed by atoms with Crippen LogP contribution in [0.3, 0.4) is 0 Å². The predicted octanol–water partition coefficient (Wildman–Crippen LogP) is 2.11. The number of halogens is 1. The summed E-state index contributed by atoms with van der Waals surface area (Å²) in [7, 11) is 0. The number of nitrogens with zero attached hydrogens (tertiary/aromatic N) is 2. The standard InChI is InChI=1S/C17H21FN4O2/c18-12-5-6-13-14(10-12)21-15(20-13)11-19-16(23)7-9-22-8-3-1-2-4-17(22)24/h5-6,10H,1-4,7-9,11H2,(H,19,23)(H,20,21). The molecule has 3 rings (SSSR count). The van der Waals surface area contributed by atoms with Crippen molar-refractivity contribution in [2.24, 2.45) is 0 Å². The Hall–Kier alpha value is -2.44. The van der Waals surface area contributed by atoms with Gasteiger partial charge in [0, 0.05) is 25.9 Å². The average molecular weight is 332 g/mol. The van der Waals surface area contributed by atoms with Crippen molar-refractivity contribution >= 4 is 22.8 Å². The van der Waals surface area contributed by atoms with E-state index < -0.39 is 0 Å². The molecule has 0 unspecified atom stereocenters. The van der Waals surface area contributed by atoms with Gasteiger partial charge in [0.05, 0.1) is 17.6 Å². The van der Waals surface area contributed by atoms with Crippen LogP contribution in [0, 0.1) is 5.82 Å². The monoisotopic (exact) mass is 332 g/mol. The fourth-order valence-corrected chi connectivity index (χ4v) is 2.90. The Kier molecular flexibility index (Phi) is 5.08. The molecule has 2 amide bonds. The number of carbonyl (C=O) groups is 2. The number of nitrogens with one attached hydrogen (secondary N) is 2. The summed E-state index contributed by atoms with van der Waals surface area (Å²) in [6.07, 6.45) is 3.87. The Bertz CT molecular complexity index is 743. The van der Waals surface area contributed by atoms with E-state index >= 15 is 0 Å². The summed E-state index contributed by atoms with van der Waals surface area (Å²) < 4.78 is 13.1. The quantitative estimate of drug-likeness (QED) is 0.880. The van der Waals surface area contributed by atoms with Gasteiger partial charge in [0.15, 0.2) is 0 Å². The van der Waals surface area contributed by atoms with Crippen molar-refractivity contribution in [3.63, 3.8) is 0 Å². The molecule has 1 aromatic heterocycles. The third-order valence-electron chi connectivity index (χ3n) is 4.23. The molecule has 0 bridgehead atoms. The average Bonchev–Trinajstić information content (AvgIpc) is 2.85. The topological polar surface area (TPSA) is 78.1 Å². The van der Waals surface area contributed by atoms with Crippen molar-refractivity contribution < 1.29 is 14.0 Å². The van der Waals surface area contributed by atoms with E-state index in [0.717, 1.165) is 25.8 Å². The van der Waals surface area contributed by atoms with Gasteiger partial charge in [0.25, 0.3) is 0 Å². The molecule has 1 aliphatic heterocycles. The Balaban J connectivity index is 1.48. The first-order chi connectivity index (χ1) is 11.6. The molecule has 0 saturated carbocycles. The molecule has 24 heavy (non-hydrogen) atoms. The predicted molar refractivity (Wildman–Crippen MR) is 87.6 cm³/mol. The molecule has 1 aromatic carbocycles. The van der Waals surface area contributed by atoms with Gasteiger partial charge in [-0.05, 0) is 31.0 Å². The highest BCUT2D eigenvalue weighted by atomic mass is 19.1. The van der Waals surface area contributed by atoms with Gasteiger partial charge in [0.1, 0.15) is 11.6 Å². The van der Waals surface area contributed by atoms with Crippen LogP contribution in [0.2, 0.25) is 0 Å². The maximum atomic E-state index is 13.1. The summed E-state index contributed by atoms with van der Waals surface area (Å²) in [5.41, 5.74) is 1.27. The van der Waals surface area contributed by atoms with Crippen molar-refractivity contribution in [3.05, 3.63) is 29.8 Å². The molecule has 128 valence electrons. The molecule has 2 N–H and O–H groups in total. The normalized spacial score (nSPS) is 15.5. The van der Waals surface area contributed by atoms with Gasteiger partial charge < -0.3 is 15.2 Å². The van der Waals surface area contributed by atoms with Crippen LogP contribution in [0.5, 0.6) is 0 Å². The van der Waals surface area contributed by atoms with Gasteiger partial charge >= 0.3 is 0 Å². The van der Waals surface area contributed by atoms with Crippen LogP contribution in [-0.4, -0.2) is 39.8 Å². The first kappa shape index (κ1) is 16.4. The summed E-state index contributed by atoms with van der Waals surface area (Å²) in [4.78, 5) is 32.9. The Labute approximate surface area is 139 Å². The van der Waals surface area contributed by atoms with E-state index in [-0.39, 0.29) is 30.6 Å². The lowest BCUT2D eigenvalue weighted by atomic mass is 10.2. The third-order valence-corrected chi connectivity index (χ3v) is 4.23. The van der Waals surface area contributed by atoms with Crippen molar-refractivity contribution in [2.45, 2.75) is 38.6 Å². The number of likely N-dealkylation sites (tertiary alicyclic amines) is 1. The molecule has 1 fully saturated rings. The van der Waals surface area contributed by atoms with Crippen LogP contribution >= 0.6 is 0 Å². The van der Waals surface area contributed by atoms with E-state index in [2.05, 4.69) is 15.3 Å². The first-order valence-electron chi connectivity index (χ1n) is 8.30. The van der Waals surface area contributed by atoms with Gasteiger partial charge in [0.2, 0.25) is 11.8 Å². The Morgan fingerprint density at radius 2 is 2.21 bits per heavy atom. The third kappa shape index (κ3) is 4.10. The fraction of sp³-hybridized carbons (Fsp3) is 0.471. The highest BCUT2D eigenvalue weighted by Gasteiger charge is 2.17. The SMILES string of the molecule is O=C(CCN1CCCCCC1=O)NCc1nc2ccc(F)cc2[nH]1. The largest absolute Gasteiger partial charge is 0.349 e. The molecule has 7 heteroatoms. The van der Waals surface area contributed by atoms with Crippen molar-refractivity contribution in [3.8, 4) is 0 Å².